The van der Waals surface area contributed by atoms with Crippen molar-refractivity contribution >= 4 is 11.9 Å². The first-order valence-electron chi connectivity index (χ1n) is 2.30. The third kappa shape index (κ3) is 1.28. The fourth-order valence-corrected chi connectivity index (χ4v) is 0.874. The number of hydrogen-bond donors (Lipinski definition) is 1. The molecule has 0 amide bonds. The molecule has 1 N–H and O–H groups in total. The average molecular weight is 129 g/mol. The fourth-order valence-electron chi connectivity index (χ4n) is 0.422. The van der Waals surface area contributed by atoms with Crippen molar-refractivity contribution in [1.82, 2.24) is 4.72 Å². The Balaban J connectivity index is 2.50. The fraction of sp³-hybridized carbons (Fsp3) is 0.200. The molecule has 44 valence electrons. The number of nitrogens with one attached hydrogen (secondary N) is 1. The Kier molecular flexibility index (Phi) is 2.00. The van der Waals surface area contributed by atoms with E-state index in [1.165, 1.54) is 11.9 Å². The van der Waals surface area contributed by atoms with Gasteiger partial charge in [-0.05, 0) is 31.1 Å². The van der Waals surface area contributed by atoms with Gasteiger partial charge in [-0.2, -0.15) is 0 Å². The van der Waals surface area contributed by atoms with Crippen molar-refractivity contribution in [2.75, 3.05) is 7.05 Å². The van der Waals surface area contributed by atoms with Crippen LogP contribution in [0.5, 0.6) is 0 Å². The van der Waals surface area contributed by atoms with Gasteiger partial charge in [-0.15, -0.1) is 0 Å². The molecule has 0 radical (unpaired) electrons. The first kappa shape index (κ1) is 5.72. The van der Waals surface area contributed by atoms with Crippen LogP contribution in [0.4, 0.5) is 0 Å². The summed E-state index contributed by atoms with van der Waals surface area (Å²) >= 11 is 1.47. The quantitative estimate of drug-likeness (QED) is 0.613. The van der Waals surface area contributed by atoms with E-state index in [0.29, 0.717) is 0 Å². The Bertz CT molecular complexity index is 138. The van der Waals surface area contributed by atoms with Crippen molar-refractivity contribution in [2.45, 2.75) is 5.09 Å². The van der Waals surface area contributed by atoms with E-state index >= 15 is 0 Å². The number of rotatable bonds is 2. The third-order valence-electron chi connectivity index (χ3n) is 0.698. The van der Waals surface area contributed by atoms with E-state index in [1.54, 1.807) is 6.26 Å². The normalized spacial score (nSPS) is 9.62. The van der Waals surface area contributed by atoms with Gasteiger partial charge in [0.1, 0.15) is 0 Å². The molecule has 0 fully saturated rings. The Morgan fingerprint density at radius 2 is 2.62 bits per heavy atom. The molecule has 0 aliphatic heterocycles. The van der Waals surface area contributed by atoms with E-state index in [0.717, 1.165) is 5.09 Å². The molecule has 0 atom stereocenters. The molecule has 2 nitrogen and oxygen atoms in total. The lowest BCUT2D eigenvalue weighted by Gasteiger charge is -1.87. The molecular weight excluding hydrogens is 122 g/mol. The number of hydrogen-bond acceptors (Lipinski definition) is 3. The Morgan fingerprint density at radius 1 is 1.75 bits per heavy atom. The van der Waals surface area contributed by atoms with E-state index in [-0.39, 0.29) is 0 Å². The van der Waals surface area contributed by atoms with Crippen molar-refractivity contribution in [2.24, 2.45) is 0 Å². The monoisotopic (exact) mass is 129 g/mol. The summed E-state index contributed by atoms with van der Waals surface area (Å²) in [5.41, 5.74) is 0. The molecule has 0 aromatic carbocycles. The van der Waals surface area contributed by atoms with Crippen LogP contribution >= 0.6 is 11.9 Å². The van der Waals surface area contributed by atoms with Crippen molar-refractivity contribution in [3.63, 3.8) is 0 Å². The minimum absolute atomic E-state index is 0.896. The molecule has 0 spiro atoms. The van der Waals surface area contributed by atoms with Crippen molar-refractivity contribution in [3.05, 3.63) is 18.4 Å². The maximum atomic E-state index is 4.97. The summed E-state index contributed by atoms with van der Waals surface area (Å²) < 4.78 is 7.87. The van der Waals surface area contributed by atoms with E-state index in [1.807, 2.05) is 19.2 Å². The van der Waals surface area contributed by atoms with Crippen LogP contribution in [0.1, 0.15) is 0 Å². The maximum absolute atomic E-state index is 4.97. The topological polar surface area (TPSA) is 25.2 Å². The molecule has 3 heteroatoms. The summed E-state index contributed by atoms with van der Waals surface area (Å²) in [5.74, 6) is 0. The van der Waals surface area contributed by atoms with Crippen LogP contribution in [0.25, 0.3) is 0 Å². The lowest BCUT2D eigenvalue weighted by Crippen LogP contribution is -1.87. The highest BCUT2D eigenvalue weighted by Gasteiger charge is 1.89. The molecule has 0 saturated carbocycles. The molecule has 0 unspecified atom stereocenters. The summed E-state index contributed by atoms with van der Waals surface area (Å²) in [6.07, 6.45) is 1.65. The van der Waals surface area contributed by atoms with Crippen molar-refractivity contribution < 1.29 is 4.42 Å². The predicted octanol–water partition coefficient (Wildman–Crippen LogP) is 1.51. The second kappa shape index (κ2) is 2.79. The van der Waals surface area contributed by atoms with Crippen LogP contribution < -0.4 is 4.72 Å². The van der Waals surface area contributed by atoms with Gasteiger partial charge in [0.15, 0.2) is 5.09 Å². The Morgan fingerprint density at radius 3 is 3.12 bits per heavy atom. The van der Waals surface area contributed by atoms with Gasteiger partial charge in [-0.1, -0.05) is 0 Å². The molecular formula is C5H7NOS. The lowest BCUT2D eigenvalue weighted by atomic mass is 10.7. The molecule has 1 rings (SSSR count). The highest BCUT2D eigenvalue weighted by atomic mass is 32.2. The summed E-state index contributed by atoms with van der Waals surface area (Å²) in [4.78, 5) is 0. The third-order valence-corrected chi connectivity index (χ3v) is 1.34. The Hall–Kier alpha value is -0.410. The zero-order valence-electron chi connectivity index (χ0n) is 4.55. The predicted molar refractivity (Wildman–Crippen MR) is 33.6 cm³/mol. The minimum atomic E-state index is 0.896. The number of furan rings is 1. The van der Waals surface area contributed by atoms with Crippen LogP contribution in [0.2, 0.25) is 0 Å². The highest BCUT2D eigenvalue weighted by molar-refractivity contribution is 7.97. The molecule has 1 aromatic rings. The summed E-state index contributed by atoms with van der Waals surface area (Å²) in [6, 6.07) is 3.76. The molecule has 0 aliphatic rings. The highest BCUT2D eigenvalue weighted by Crippen LogP contribution is 2.12. The zero-order chi connectivity index (χ0) is 5.82. The molecule has 8 heavy (non-hydrogen) atoms. The molecule has 1 heterocycles. The van der Waals surface area contributed by atoms with Gasteiger partial charge in [0.05, 0.1) is 6.26 Å². The maximum Gasteiger partial charge on any atom is 0.174 e. The van der Waals surface area contributed by atoms with Gasteiger partial charge in [-0.3, -0.25) is 4.72 Å². The van der Waals surface area contributed by atoms with E-state index in [2.05, 4.69) is 4.72 Å². The Labute approximate surface area is 52.4 Å². The summed E-state index contributed by atoms with van der Waals surface area (Å²) in [5, 5.41) is 0.896. The molecule has 0 aliphatic carbocycles. The molecule has 1 aromatic heterocycles. The minimum Gasteiger partial charge on any atom is -0.457 e. The largest absolute Gasteiger partial charge is 0.457 e. The van der Waals surface area contributed by atoms with Gasteiger partial charge in [0.2, 0.25) is 0 Å². The molecule has 0 bridgehead atoms. The lowest BCUT2D eigenvalue weighted by molar-refractivity contribution is 0.474. The first-order valence-corrected chi connectivity index (χ1v) is 3.12. The molecule has 0 saturated heterocycles. The smallest absolute Gasteiger partial charge is 0.174 e. The van der Waals surface area contributed by atoms with Gasteiger partial charge in [0.25, 0.3) is 0 Å². The average Bonchev–Trinajstić information content (AvgIpc) is 2.19. The summed E-state index contributed by atoms with van der Waals surface area (Å²) in [6.45, 7) is 0. The first-order chi connectivity index (χ1) is 3.93. The van der Waals surface area contributed by atoms with Crippen LogP contribution in [0.3, 0.4) is 0 Å². The van der Waals surface area contributed by atoms with Crippen molar-refractivity contribution in [3.8, 4) is 0 Å². The van der Waals surface area contributed by atoms with Crippen molar-refractivity contribution in [1.29, 1.82) is 0 Å². The van der Waals surface area contributed by atoms with E-state index in [4.69, 9.17) is 4.42 Å². The van der Waals surface area contributed by atoms with E-state index < -0.39 is 0 Å². The standard InChI is InChI=1S/C5H7NOS/c1-6-8-5-3-2-4-7-5/h2-4,6H,1H3. The van der Waals surface area contributed by atoms with Gasteiger partial charge in [-0.25, -0.2) is 0 Å². The van der Waals surface area contributed by atoms with Gasteiger partial charge < -0.3 is 4.42 Å². The van der Waals surface area contributed by atoms with Gasteiger partial charge in [0, 0.05) is 0 Å². The zero-order valence-corrected chi connectivity index (χ0v) is 5.37. The van der Waals surface area contributed by atoms with Crippen LogP contribution in [0.15, 0.2) is 27.9 Å². The summed E-state index contributed by atoms with van der Waals surface area (Å²) in [7, 11) is 1.85. The van der Waals surface area contributed by atoms with Crippen LogP contribution in [-0.2, 0) is 0 Å². The second-order valence-corrected chi connectivity index (χ2v) is 2.25. The second-order valence-electron chi connectivity index (χ2n) is 1.24. The van der Waals surface area contributed by atoms with E-state index in [9.17, 15) is 0 Å². The van der Waals surface area contributed by atoms with Crippen LogP contribution in [-0.4, -0.2) is 7.05 Å². The SMILES string of the molecule is CNSc1ccco1. The van der Waals surface area contributed by atoms with Gasteiger partial charge >= 0.3 is 0 Å². The van der Waals surface area contributed by atoms with Crippen LogP contribution in [0, 0.1) is 0 Å².